The first kappa shape index (κ1) is 21.3. The lowest BCUT2D eigenvalue weighted by Gasteiger charge is -2.06. The van der Waals surface area contributed by atoms with Gasteiger partial charge in [-0.2, -0.15) is 9.78 Å². The van der Waals surface area contributed by atoms with Crippen molar-refractivity contribution in [2.45, 2.75) is 12.8 Å². The van der Waals surface area contributed by atoms with Gasteiger partial charge in [-0.05, 0) is 36.6 Å². The second-order valence-electron chi connectivity index (χ2n) is 7.83. The van der Waals surface area contributed by atoms with Gasteiger partial charge in [-0.3, -0.25) is 9.78 Å². The molecule has 168 valence electrons. The molecule has 1 amide bonds. The monoisotopic (exact) mass is 449 g/mol. The first-order valence-corrected chi connectivity index (χ1v) is 11.0. The van der Waals surface area contributed by atoms with Crippen LogP contribution < -0.4 is 11.1 Å². The van der Waals surface area contributed by atoms with Gasteiger partial charge in [-0.25, -0.2) is 9.97 Å². The third kappa shape index (κ3) is 4.33. The Morgan fingerprint density at radius 3 is 2.53 bits per heavy atom. The molecule has 3 heterocycles. The standard InChI is InChI=1S/C26H23N7O/c27-24-22(26(34)29-15-7-10-18-8-2-1-3-9-18)23-25(32-21-13-5-4-12-20(21)31-23)33(24)30-17-19-11-6-14-28-16-19/h1-6,8-9,11-14,16-17H,7,10,15,27H2,(H,29,34). The van der Waals surface area contributed by atoms with Crippen molar-refractivity contribution in [3.63, 3.8) is 0 Å². The van der Waals surface area contributed by atoms with Crippen molar-refractivity contribution in [3.05, 3.63) is 95.8 Å². The third-order valence-corrected chi connectivity index (χ3v) is 5.48. The number of nitrogen functional groups attached to an aromatic ring is 1. The molecule has 0 saturated carbocycles. The number of aromatic nitrogens is 4. The Bertz CT molecular complexity index is 1480. The minimum absolute atomic E-state index is 0.186. The van der Waals surface area contributed by atoms with E-state index in [1.54, 1.807) is 18.6 Å². The highest BCUT2D eigenvalue weighted by Gasteiger charge is 2.23. The number of benzene rings is 2. The average Bonchev–Trinajstić information content (AvgIpc) is 3.15. The van der Waals surface area contributed by atoms with Crippen LogP contribution in [0.15, 0.2) is 84.2 Å². The van der Waals surface area contributed by atoms with Gasteiger partial charge < -0.3 is 11.1 Å². The van der Waals surface area contributed by atoms with Crippen molar-refractivity contribution in [1.29, 1.82) is 0 Å². The van der Waals surface area contributed by atoms with E-state index < -0.39 is 0 Å². The van der Waals surface area contributed by atoms with Gasteiger partial charge in [0.15, 0.2) is 5.65 Å². The molecule has 0 aliphatic carbocycles. The summed E-state index contributed by atoms with van der Waals surface area (Å²) in [5, 5.41) is 7.47. The van der Waals surface area contributed by atoms with Crippen LogP contribution in [0.1, 0.15) is 27.9 Å². The molecule has 3 aromatic heterocycles. The normalized spacial score (nSPS) is 11.4. The minimum Gasteiger partial charge on any atom is -0.383 e. The largest absolute Gasteiger partial charge is 0.383 e. The van der Waals surface area contributed by atoms with E-state index in [9.17, 15) is 4.79 Å². The molecule has 0 aliphatic heterocycles. The zero-order chi connectivity index (χ0) is 23.3. The molecule has 3 N–H and O–H groups in total. The molecule has 2 aromatic carbocycles. The first-order valence-electron chi connectivity index (χ1n) is 11.0. The van der Waals surface area contributed by atoms with Crippen LogP contribution in [-0.4, -0.2) is 38.3 Å². The molecular weight excluding hydrogens is 426 g/mol. The molecule has 0 unspecified atom stereocenters. The van der Waals surface area contributed by atoms with E-state index in [-0.39, 0.29) is 17.3 Å². The van der Waals surface area contributed by atoms with Crippen LogP contribution >= 0.6 is 0 Å². The number of amides is 1. The average molecular weight is 450 g/mol. The number of aryl methyl sites for hydroxylation is 1. The van der Waals surface area contributed by atoms with Gasteiger partial charge in [0.05, 0.1) is 17.2 Å². The number of hydrogen-bond donors (Lipinski definition) is 2. The summed E-state index contributed by atoms with van der Waals surface area (Å²) in [6.45, 7) is 0.514. The van der Waals surface area contributed by atoms with Crippen molar-refractivity contribution in [1.82, 2.24) is 24.9 Å². The highest BCUT2D eigenvalue weighted by Crippen LogP contribution is 2.27. The predicted octanol–water partition coefficient (Wildman–Crippen LogP) is 3.81. The lowest BCUT2D eigenvalue weighted by molar-refractivity contribution is 0.0955. The summed E-state index contributed by atoms with van der Waals surface area (Å²) in [6, 6.07) is 21.4. The van der Waals surface area contributed by atoms with Crippen LogP contribution in [0.25, 0.3) is 22.2 Å². The summed E-state index contributed by atoms with van der Waals surface area (Å²) < 4.78 is 1.46. The number of nitrogens with zero attached hydrogens (tertiary/aromatic N) is 5. The predicted molar refractivity (Wildman–Crippen MR) is 134 cm³/mol. The van der Waals surface area contributed by atoms with E-state index >= 15 is 0 Å². The number of anilines is 1. The lowest BCUT2D eigenvalue weighted by atomic mass is 10.1. The van der Waals surface area contributed by atoms with Crippen molar-refractivity contribution >= 4 is 40.1 Å². The summed E-state index contributed by atoms with van der Waals surface area (Å²) in [7, 11) is 0. The quantitative estimate of drug-likeness (QED) is 0.290. The Hall–Kier alpha value is -4.59. The molecule has 8 heteroatoms. The van der Waals surface area contributed by atoms with Gasteiger partial charge in [0.2, 0.25) is 0 Å². The summed E-state index contributed by atoms with van der Waals surface area (Å²) in [6.07, 6.45) is 6.68. The fourth-order valence-corrected chi connectivity index (χ4v) is 3.79. The van der Waals surface area contributed by atoms with Crippen LogP contribution in [0.4, 0.5) is 5.82 Å². The fraction of sp³-hybridized carbons (Fsp3) is 0.115. The Morgan fingerprint density at radius 1 is 1.00 bits per heavy atom. The van der Waals surface area contributed by atoms with Gasteiger partial charge in [-0.1, -0.05) is 48.5 Å². The van der Waals surface area contributed by atoms with Crippen molar-refractivity contribution in [2.75, 3.05) is 12.3 Å². The number of para-hydroxylation sites is 2. The summed E-state index contributed by atoms with van der Waals surface area (Å²) >= 11 is 0. The number of pyridine rings is 1. The van der Waals surface area contributed by atoms with E-state index in [1.165, 1.54) is 10.2 Å². The fourth-order valence-electron chi connectivity index (χ4n) is 3.79. The van der Waals surface area contributed by atoms with Crippen molar-refractivity contribution < 1.29 is 4.79 Å². The number of nitrogens with one attached hydrogen (secondary N) is 1. The summed E-state index contributed by atoms with van der Waals surface area (Å²) in [4.78, 5) is 26.7. The molecule has 0 saturated heterocycles. The van der Waals surface area contributed by atoms with Crippen molar-refractivity contribution in [2.24, 2.45) is 5.10 Å². The van der Waals surface area contributed by atoms with E-state index in [0.29, 0.717) is 28.7 Å². The zero-order valence-electron chi connectivity index (χ0n) is 18.4. The Morgan fingerprint density at radius 2 is 1.76 bits per heavy atom. The maximum absolute atomic E-state index is 13.2. The SMILES string of the molecule is Nc1c(C(=O)NCCCc2ccccc2)c2nc3ccccc3nc2n1N=Cc1cccnc1. The molecule has 5 rings (SSSR count). The highest BCUT2D eigenvalue weighted by molar-refractivity contribution is 6.10. The third-order valence-electron chi connectivity index (χ3n) is 5.48. The van der Waals surface area contributed by atoms with Crippen molar-refractivity contribution in [3.8, 4) is 0 Å². The first-order chi connectivity index (χ1) is 16.7. The lowest BCUT2D eigenvalue weighted by Crippen LogP contribution is -2.25. The highest BCUT2D eigenvalue weighted by atomic mass is 16.1. The van der Waals surface area contributed by atoms with E-state index in [0.717, 1.165) is 18.4 Å². The van der Waals surface area contributed by atoms with E-state index in [1.807, 2.05) is 54.6 Å². The van der Waals surface area contributed by atoms with Gasteiger partial charge in [-0.15, -0.1) is 0 Å². The maximum atomic E-state index is 13.2. The van der Waals surface area contributed by atoms with Gasteiger partial charge in [0, 0.05) is 24.5 Å². The van der Waals surface area contributed by atoms with Crippen LogP contribution in [0, 0.1) is 0 Å². The van der Waals surface area contributed by atoms with E-state index in [2.05, 4.69) is 27.5 Å². The van der Waals surface area contributed by atoms with E-state index in [4.69, 9.17) is 15.7 Å². The smallest absolute Gasteiger partial charge is 0.257 e. The zero-order valence-corrected chi connectivity index (χ0v) is 18.4. The second kappa shape index (κ2) is 9.50. The van der Waals surface area contributed by atoms with Crippen LogP contribution in [-0.2, 0) is 6.42 Å². The van der Waals surface area contributed by atoms with Crippen LogP contribution in [0.2, 0.25) is 0 Å². The Labute approximate surface area is 196 Å². The van der Waals surface area contributed by atoms with Gasteiger partial charge >= 0.3 is 0 Å². The molecule has 0 aliphatic rings. The number of carbonyl (C=O) groups is 1. The molecule has 34 heavy (non-hydrogen) atoms. The molecule has 8 nitrogen and oxygen atoms in total. The number of nitrogens with two attached hydrogens (primary N) is 1. The number of rotatable bonds is 7. The number of fused-ring (bicyclic) bond motifs is 2. The Balaban J connectivity index is 1.47. The molecule has 5 aromatic rings. The van der Waals surface area contributed by atoms with Crippen LogP contribution in [0.3, 0.4) is 0 Å². The maximum Gasteiger partial charge on any atom is 0.257 e. The molecule has 0 bridgehead atoms. The second-order valence-corrected chi connectivity index (χ2v) is 7.83. The minimum atomic E-state index is -0.296. The molecule has 0 spiro atoms. The topological polar surface area (TPSA) is 111 Å². The van der Waals surface area contributed by atoms with Crippen LogP contribution in [0.5, 0.6) is 0 Å². The molecular formula is C26H23N7O. The molecule has 0 atom stereocenters. The Kier molecular flexibility index (Phi) is 5.94. The number of hydrogen-bond acceptors (Lipinski definition) is 6. The summed E-state index contributed by atoms with van der Waals surface area (Å²) in [5.74, 6) is -0.110. The summed E-state index contributed by atoms with van der Waals surface area (Å²) in [5.41, 5.74) is 10.9. The number of carbonyl (C=O) groups excluding carboxylic acids is 1. The van der Waals surface area contributed by atoms with Gasteiger partial charge in [0.25, 0.3) is 5.91 Å². The van der Waals surface area contributed by atoms with Gasteiger partial charge in [0.1, 0.15) is 16.9 Å². The molecule has 0 fully saturated rings. The molecule has 0 radical (unpaired) electrons.